The van der Waals surface area contributed by atoms with E-state index in [9.17, 15) is 14.4 Å². The second-order valence-corrected chi connectivity index (χ2v) is 7.26. The molecule has 160 valence electrons. The van der Waals surface area contributed by atoms with E-state index in [0.29, 0.717) is 6.42 Å². The molecule has 0 unspecified atom stereocenters. The van der Waals surface area contributed by atoms with E-state index in [1.54, 1.807) is 0 Å². The number of nitrogens with zero attached hydrogens (tertiary/aromatic N) is 2. The highest BCUT2D eigenvalue weighted by atomic mass is 16.2. The highest BCUT2D eigenvalue weighted by Crippen LogP contribution is 2.22. The van der Waals surface area contributed by atoms with Gasteiger partial charge in [0.15, 0.2) is 0 Å². The molecule has 3 amide bonds. The third-order valence-electron chi connectivity index (χ3n) is 5.01. The topological polar surface area (TPSA) is 133 Å². The molecule has 1 heterocycles. The molecule has 8 heteroatoms. The molecular formula is C24H21N5O3. The lowest BCUT2D eigenvalue weighted by atomic mass is 10.1. The number of rotatable bonds is 7. The summed E-state index contributed by atoms with van der Waals surface area (Å²) >= 11 is 0. The minimum absolute atomic E-state index is 0.0856. The molecule has 0 bridgehead atoms. The van der Waals surface area contributed by atoms with Gasteiger partial charge in [-0.15, -0.1) is 0 Å². The number of amides is 3. The molecule has 4 aromatic rings. The summed E-state index contributed by atoms with van der Waals surface area (Å²) in [5.41, 5.74) is 13.8. The first-order chi connectivity index (χ1) is 15.4. The molecular weight excluding hydrogens is 406 g/mol. The summed E-state index contributed by atoms with van der Waals surface area (Å²) in [7, 11) is 0. The van der Waals surface area contributed by atoms with Crippen molar-refractivity contribution in [2.24, 2.45) is 11.5 Å². The zero-order chi connectivity index (χ0) is 22.7. The van der Waals surface area contributed by atoms with Crippen LogP contribution in [-0.2, 0) is 11.2 Å². The third kappa shape index (κ3) is 4.34. The van der Waals surface area contributed by atoms with E-state index in [1.165, 1.54) is 18.2 Å². The van der Waals surface area contributed by atoms with Crippen LogP contribution in [0.5, 0.6) is 0 Å². The smallest absolute Gasteiger partial charge is 0.248 e. The van der Waals surface area contributed by atoms with Crippen LogP contribution >= 0.6 is 0 Å². The van der Waals surface area contributed by atoms with Gasteiger partial charge in [-0.25, -0.2) is 4.98 Å². The van der Waals surface area contributed by atoms with Crippen LogP contribution in [0.2, 0.25) is 0 Å². The summed E-state index contributed by atoms with van der Waals surface area (Å²) in [5, 5.41) is 2.70. The van der Waals surface area contributed by atoms with E-state index in [-0.39, 0.29) is 29.1 Å². The summed E-state index contributed by atoms with van der Waals surface area (Å²) < 4.78 is 2.03. The summed E-state index contributed by atoms with van der Waals surface area (Å²) in [6.45, 7) is 0. The van der Waals surface area contributed by atoms with Gasteiger partial charge in [0.25, 0.3) is 0 Å². The Morgan fingerprint density at radius 3 is 2.12 bits per heavy atom. The van der Waals surface area contributed by atoms with Gasteiger partial charge in [-0.3, -0.25) is 19.0 Å². The van der Waals surface area contributed by atoms with Crippen LogP contribution in [0.4, 0.5) is 5.69 Å². The van der Waals surface area contributed by atoms with Crippen molar-refractivity contribution in [1.29, 1.82) is 0 Å². The Hall–Kier alpha value is -4.46. The van der Waals surface area contributed by atoms with Crippen LogP contribution in [0, 0.1) is 0 Å². The van der Waals surface area contributed by atoms with Gasteiger partial charge < -0.3 is 16.8 Å². The van der Waals surface area contributed by atoms with Crippen molar-refractivity contribution in [3.8, 4) is 5.69 Å². The standard InChI is InChI=1S/C24H21N5O3/c25-23(31)15-12-16(24(26)32)14-17(13-15)27-22(30)11-10-21-28-19-8-4-5-9-20(19)29(21)18-6-2-1-3-7-18/h1-9,12-14H,10-11H2,(H2,25,31)(H2,26,32)(H,27,30). The highest BCUT2D eigenvalue weighted by Gasteiger charge is 2.15. The Labute approximate surface area is 183 Å². The molecule has 0 aliphatic carbocycles. The summed E-state index contributed by atoms with van der Waals surface area (Å²) in [6, 6.07) is 21.7. The first-order valence-electron chi connectivity index (χ1n) is 9.98. The third-order valence-corrected chi connectivity index (χ3v) is 5.01. The number of hydrogen-bond donors (Lipinski definition) is 3. The lowest BCUT2D eigenvalue weighted by molar-refractivity contribution is -0.116. The zero-order valence-electron chi connectivity index (χ0n) is 17.1. The van der Waals surface area contributed by atoms with Gasteiger partial charge in [0.05, 0.1) is 11.0 Å². The number of primary amides is 2. The van der Waals surface area contributed by atoms with Crippen molar-refractivity contribution >= 4 is 34.4 Å². The zero-order valence-corrected chi connectivity index (χ0v) is 17.1. The predicted molar refractivity (Wildman–Crippen MR) is 121 cm³/mol. The maximum absolute atomic E-state index is 12.6. The molecule has 0 saturated heterocycles. The second-order valence-electron chi connectivity index (χ2n) is 7.26. The van der Waals surface area contributed by atoms with Gasteiger partial charge in [-0.2, -0.15) is 0 Å². The van der Waals surface area contributed by atoms with Crippen LogP contribution in [0.3, 0.4) is 0 Å². The van der Waals surface area contributed by atoms with Crippen molar-refractivity contribution in [2.75, 3.05) is 5.32 Å². The lowest BCUT2D eigenvalue weighted by Crippen LogP contribution is -2.18. The quantitative estimate of drug-likeness (QED) is 0.418. The van der Waals surface area contributed by atoms with Gasteiger partial charge >= 0.3 is 0 Å². The number of imidazole rings is 1. The Balaban J connectivity index is 1.57. The van der Waals surface area contributed by atoms with Crippen molar-refractivity contribution in [3.05, 3.63) is 89.7 Å². The minimum Gasteiger partial charge on any atom is -0.366 e. The monoisotopic (exact) mass is 427 g/mol. The molecule has 4 rings (SSSR count). The van der Waals surface area contributed by atoms with Crippen LogP contribution in [-0.4, -0.2) is 27.3 Å². The number of carbonyl (C=O) groups excluding carboxylic acids is 3. The molecule has 3 aromatic carbocycles. The van der Waals surface area contributed by atoms with E-state index in [4.69, 9.17) is 16.5 Å². The average molecular weight is 427 g/mol. The Morgan fingerprint density at radius 2 is 1.47 bits per heavy atom. The van der Waals surface area contributed by atoms with Crippen LogP contribution in [0.15, 0.2) is 72.8 Å². The summed E-state index contributed by atoms with van der Waals surface area (Å²) in [5.74, 6) is -0.995. The Morgan fingerprint density at radius 1 is 0.844 bits per heavy atom. The molecule has 0 aliphatic rings. The average Bonchev–Trinajstić information content (AvgIpc) is 3.16. The molecule has 0 saturated carbocycles. The molecule has 0 radical (unpaired) electrons. The second kappa shape index (κ2) is 8.73. The molecule has 5 N–H and O–H groups in total. The molecule has 0 spiro atoms. The number of benzene rings is 3. The van der Waals surface area contributed by atoms with Crippen LogP contribution in [0.25, 0.3) is 16.7 Å². The molecule has 0 atom stereocenters. The first kappa shape index (κ1) is 20.8. The molecule has 1 aromatic heterocycles. The van der Waals surface area contributed by atoms with Crippen molar-refractivity contribution in [2.45, 2.75) is 12.8 Å². The summed E-state index contributed by atoms with van der Waals surface area (Å²) in [6.07, 6.45) is 0.524. The van der Waals surface area contributed by atoms with Crippen molar-refractivity contribution in [3.63, 3.8) is 0 Å². The van der Waals surface area contributed by atoms with Gasteiger partial charge in [-0.05, 0) is 42.5 Å². The first-order valence-corrected chi connectivity index (χ1v) is 9.98. The largest absolute Gasteiger partial charge is 0.366 e. The normalized spacial score (nSPS) is 10.8. The van der Waals surface area contributed by atoms with Gasteiger partial charge in [0, 0.05) is 35.3 Å². The number of nitrogens with one attached hydrogen (secondary N) is 1. The van der Waals surface area contributed by atoms with Crippen molar-refractivity contribution < 1.29 is 14.4 Å². The van der Waals surface area contributed by atoms with Gasteiger partial charge in [0.1, 0.15) is 5.82 Å². The number of nitrogens with two attached hydrogens (primary N) is 2. The predicted octanol–water partition coefficient (Wildman–Crippen LogP) is 2.79. The maximum Gasteiger partial charge on any atom is 0.248 e. The number of fused-ring (bicyclic) bond motifs is 1. The van der Waals surface area contributed by atoms with E-state index in [0.717, 1.165) is 22.5 Å². The highest BCUT2D eigenvalue weighted by molar-refractivity contribution is 6.01. The Bertz CT molecular complexity index is 1300. The van der Waals surface area contributed by atoms with Gasteiger partial charge in [0.2, 0.25) is 17.7 Å². The number of para-hydroxylation sites is 3. The molecule has 32 heavy (non-hydrogen) atoms. The van der Waals surface area contributed by atoms with Crippen LogP contribution < -0.4 is 16.8 Å². The number of aryl methyl sites for hydroxylation is 1. The van der Waals surface area contributed by atoms with Gasteiger partial charge in [-0.1, -0.05) is 30.3 Å². The summed E-state index contributed by atoms with van der Waals surface area (Å²) in [4.78, 5) is 40.4. The van der Waals surface area contributed by atoms with E-state index >= 15 is 0 Å². The Kier molecular flexibility index (Phi) is 5.67. The van der Waals surface area contributed by atoms with E-state index in [2.05, 4.69) is 5.32 Å². The van der Waals surface area contributed by atoms with Crippen LogP contribution in [0.1, 0.15) is 33.0 Å². The van der Waals surface area contributed by atoms with Crippen molar-refractivity contribution in [1.82, 2.24) is 9.55 Å². The molecule has 0 fully saturated rings. The number of aromatic nitrogens is 2. The fourth-order valence-corrected chi connectivity index (χ4v) is 3.54. The number of anilines is 1. The number of carbonyl (C=O) groups is 3. The maximum atomic E-state index is 12.6. The molecule has 8 nitrogen and oxygen atoms in total. The number of hydrogen-bond acceptors (Lipinski definition) is 4. The SMILES string of the molecule is NC(=O)c1cc(NC(=O)CCc2nc3ccccc3n2-c2ccccc2)cc(C(N)=O)c1. The fraction of sp³-hybridized carbons (Fsp3) is 0.0833. The van der Waals surface area contributed by atoms with E-state index in [1.807, 2.05) is 59.2 Å². The molecule has 0 aliphatic heterocycles. The fourth-order valence-electron chi connectivity index (χ4n) is 3.54. The van der Waals surface area contributed by atoms with E-state index < -0.39 is 11.8 Å². The minimum atomic E-state index is -0.722. The lowest BCUT2D eigenvalue weighted by Gasteiger charge is -2.10.